The molecule has 0 rings (SSSR count). The third-order valence-corrected chi connectivity index (χ3v) is 1.37. The highest BCUT2D eigenvalue weighted by atomic mass is 16.4. The first-order valence-corrected chi connectivity index (χ1v) is 3.80. The van der Waals surface area contributed by atoms with Gasteiger partial charge in [-0.05, 0) is 13.3 Å². The molecule has 0 saturated carbocycles. The van der Waals surface area contributed by atoms with E-state index in [4.69, 9.17) is 10.2 Å². The fraction of sp³-hybridized carbons (Fsp3) is 0.500. The van der Waals surface area contributed by atoms with E-state index < -0.39 is 18.0 Å². The van der Waals surface area contributed by atoms with E-state index in [9.17, 15) is 9.59 Å². The third-order valence-electron chi connectivity index (χ3n) is 1.37. The standard InChI is InChI=1S/C8H13NO4/c1-5(2)9-6(8(12)13)3-4-7(10)11/h6,9H,1,3-4H2,2H3,(H,10,11)(H,12,13)/t6-/m0/s1. The molecule has 0 heterocycles. The van der Waals surface area contributed by atoms with E-state index >= 15 is 0 Å². The second kappa shape index (κ2) is 5.18. The monoisotopic (exact) mass is 187 g/mol. The molecule has 13 heavy (non-hydrogen) atoms. The lowest BCUT2D eigenvalue weighted by Gasteiger charge is -2.13. The summed E-state index contributed by atoms with van der Waals surface area (Å²) in [5.74, 6) is -2.07. The Morgan fingerprint density at radius 2 is 2.00 bits per heavy atom. The molecule has 0 fully saturated rings. The number of carboxylic acids is 2. The number of carboxylic acid groups (broad SMARTS) is 2. The van der Waals surface area contributed by atoms with Crippen molar-refractivity contribution < 1.29 is 19.8 Å². The van der Waals surface area contributed by atoms with Crippen LogP contribution >= 0.6 is 0 Å². The van der Waals surface area contributed by atoms with Gasteiger partial charge in [-0.1, -0.05) is 6.58 Å². The van der Waals surface area contributed by atoms with Crippen LogP contribution in [0.1, 0.15) is 19.8 Å². The van der Waals surface area contributed by atoms with Crippen LogP contribution in [0.4, 0.5) is 0 Å². The van der Waals surface area contributed by atoms with E-state index in [0.29, 0.717) is 5.70 Å². The Morgan fingerprint density at radius 1 is 1.46 bits per heavy atom. The van der Waals surface area contributed by atoms with E-state index in [0.717, 1.165) is 0 Å². The van der Waals surface area contributed by atoms with Gasteiger partial charge in [0.05, 0.1) is 0 Å². The highest BCUT2D eigenvalue weighted by Crippen LogP contribution is 1.99. The lowest BCUT2D eigenvalue weighted by atomic mass is 10.1. The van der Waals surface area contributed by atoms with Gasteiger partial charge in [-0.25, -0.2) is 4.79 Å². The zero-order chi connectivity index (χ0) is 10.4. The minimum Gasteiger partial charge on any atom is -0.481 e. The van der Waals surface area contributed by atoms with Crippen LogP contribution in [0.3, 0.4) is 0 Å². The normalized spacial score (nSPS) is 11.8. The molecule has 0 radical (unpaired) electrons. The Balaban J connectivity index is 4.02. The summed E-state index contributed by atoms with van der Waals surface area (Å²) in [6.45, 7) is 5.10. The van der Waals surface area contributed by atoms with Gasteiger partial charge in [0.15, 0.2) is 0 Å². The molecular weight excluding hydrogens is 174 g/mol. The molecule has 5 heteroatoms. The fourth-order valence-corrected chi connectivity index (χ4v) is 0.823. The molecule has 0 aliphatic rings. The SMILES string of the molecule is C=C(C)N[C@@H](CCC(=O)O)C(=O)O. The van der Waals surface area contributed by atoms with Crippen molar-refractivity contribution in [1.29, 1.82) is 0 Å². The first kappa shape index (κ1) is 11.5. The van der Waals surface area contributed by atoms with Crippen molar-refractivity contribution in [2.45, 2.75) is 25.8 Å². The smallest absolute Gasteiger partial charge is 0.326 e. The lowest BCUT2D eigenvalue weighted by molar-refractivity contribution is -0.140. The van der Waals surface area contributed by atoms with Crippen LogP contribution in [0.2, 0.25) is 0 Å². The maximum atomic E-state index is 10.6. The second-order valence-corrected chi connectivity index (χ2v) is 2.75. The van der Waals surface area contributed by atoms with Gasteiger partial charge >= 0.3 is 11.9 Å². The van der Waals surface area contributed by atoms with Crippen molar-refractivity contribution in [3.05, 3.63) is 12.3 Å². The van der Waals surface area contributed by atoms with Crippen molar-refractivity contribution in [1.82, 2.24) is 5.32 Å². The summed E-state index contributed by atoms with van der Waals surface area (Å²) in [5.41, 5.74) is 0.512. The molecule has 0 aromatic carbocycles. The molecule has 0 aromatic rings. The van der Waals surface area contributed by atoms with Crippen molar-refractivity contribution in [2.24, 2.45) is 0 Å². The molecule has 0 saturated heterocycles. The molecule has 0 bridgehead atoms. The Hall–Kier alpha value is -1.52. The van der Waals surface area contributed by atoms with Crippen LogP contribution < -0.4 is 5.32 Å². The van der Waals surface area contributed by atoms with Gasteiger partial charge < -0.3 is 15.5 Å². The van der Waals surface area contributed by atoms with Crippen molar-refractivity contribution >= 4 is 11.9 Å². The van der Waals surface area contributed by atoms with Crippen LogP contribution in [-0.4, -0.2) is 28.2 Å². The summed E-state index contributed by atoms with van der Waals surface area (Å²) < 4.78 is 0. The zero-order valence-corrected chi connectivity index (χ0v) is 7.41. The van der Waals surface area contributed by atoms with E-state index in [2.05, 4.69) is 11.9 Å². The molecular formula is C8H13NO4. The van der Waals surface area contributed by atoms with Crippen LogP contribution in [0.5, 0.6) is 0 Å². The molecule has 0 aliphatic heterocycles. The second-order valence-electron chi connectivity index (χ2n) is 2.75. The number of aliphatic carboxylic acids is 2. The first-order valence-electron chi connectivity index (χ1n) is 3.80. The summed E-state index contributed by atoms with van der Waals surface area (Å²) in [4.78, 5) is 20.7. The Labute approximate surface area is 76.1 Å². The van der Waals surface area contributed by atoms with Gasteiger partial charge in [0.2, 0.25) is 0 Å². The fourth-order valence-electron chi connectivity index (χ4n) is 0.823. The van der Waals surface area contributed by atoms with Gasteiger partial charge in [-0.2, -0.15) is 0 Å². The Bertz CT molecular complexity index is 224. The molecule has 5 nitrogen and oxygen atoms in total. The molecule has 0 aromatic heterocycles. The third kappa shape index (κ3) is 5.72. The van der Waals surface area contributed by atoms with Crippen molar-refractivity contribution in [3.63, 3.8) is 0 Å². The number of nitrogens with one attached hydrogen (secondary N) is 1. The maximum Gasteiger partial charge on any atom is 0.326 e. The summed E-state index contributed by atoms with van der Waals surface area (Å²) in [6, 6.07) is -0.867. The summed E-state index contributed by atoms with van der Waals surface area (Å²) in [6.07, 6.45) is -0.116. The first-order chi connectivity index (χ1) is 5.93. The van der Waals surface area contributed by atoms with E-state index in [-0.39, 0.29) is 12.8 Å². The lowest BCUT2D eigenvalue weighted by Crippen LogP contribution is -2.35. The molecule has 3 N–H and O–H groups in total. The molecule has 74 valence electrons. The van der Waals surface area contributed by atoms with Crippen LogP contribution in [-0.2, 0) is 9.59 Å². The van der Waals surface area contributed by atoms with Crippen LogP contribution in [0.25, 0.3) is 0 Å². The molecule has 0 aliphatic carbocycles. The quantitative estimate of drug-likeness (QED) is 0.561. The highest BCUT2D eigenvalue weighted by Gasteiger charge is 2.17. The topological polar surface area (TPSA) is 86.6 Å². The molecule has 1 atom stereocenters. The maximum absolute atomic E-state index is 10.6. The predicted octanol–water partition coefficient (Wildman–Crippen LogP) is 0.428. The molecule has 0 unspecified atom stereocenters. The largest absolute Gasteiger partial charge is 0.481 e. The summed E-state index contributed by atoms with van der Waals surface area (Å²) in [7, 11) is 0. The Morgan fingerprint density at radius 3 is 2.31 bits per heavy atom. The van der Waals surface area contributed by atoms with Gasteiger partial charge in [0.25, 0.3) is 0 Å². The van der Waals surface area contributed by atoms with Crippen LogP contribution in [0.15, 0.2) is 12.3 Å². The zero-order valence-electron chi connectivity index (χ0n) is 7.41. The van der Waals surface area contributed by atoms with Gasteiger partial charge in [0, 0.05) is 12.1 Å². The predicted molar refractivity (Wildman–Crippen MR) is 46.2 cm³/mol. The number of carbonyl (C=O) groups is 2. The number of rotatable bonds is 6. The van der Waals surface area contributed by atoms with E-state index in [1.165, 1.54) is 0 Å². The Kier molecular flexibility index (Phi) is 4.58. The van der Waals surface area contributed by atoms with E-state index in [1.807, 2.05) is 0 Å². The minimum atomic E-state index is -1.07. The van der Waals surface area contributed by atoms with Gasteiger partial charge in [-0.15, -0.1) is 0 Å². The summed E-state index contributed by atoms with van der Waals surface area (Å²) >= 11 is 0. The van der Waals surface area contributed by atoms with Crippen molar-refractivity contribution in [2.75, 3.05) is 0 Å². The van der Waals surface area contributed by atoms with Crippen LogP contribution in [0, 0.1) is 0 Å². The molecule has 0 spiro atoms. The minimum absolute atomic E-state index is 0.0531. The number of hydrogen-bond acceptors (Lipinski definition) is 3. The van der Waals surface area contributed by atoms with Crippen molar-refractivity contribution in [3.8, 4) is 0 Å². The average Bonchev–Trinajstić information content (AvgIpc) is 1.96. The highest BCUT2D eigenvalue weighted by molar-refractivity contribution is 5.75. The number of hydrogen-bond donors (Lipinski definition) is 3. The van der Waals surface area contributed by atoms with Gasteiger partial charge in [0.1, 0.15) is 6.04 Å². The van der Waals surface area contributed by atoms with E-state index in [1.54, 1.807) is 6.92 Å². The number of allylic oxidation sites excluding steroid dienone is 1. The van der Waals surface area contributed by atoms with Gasteiger partial charge in [-0.3, -0.25) is 4.79 Å². The summed E-state index contributed by atoms with van der Waals surface area (Å²) in [5, 5.41) is 19.6. The molecule has 0 amide bonds. The average molecular weight is 187 g/mol.